The largest absolute Gasteiger partial charge is 0.497 e. The van der Waals surface area contributed by atoms with Crippen LogP contribution in [0.15, 0.2) is 30.5 Å². The van der Waals surface area contributed by atoms with Gasteiger partial charge in [-0.05, 0) is 101 Å². The van der Waals surface area contributed by atoms with E-state index in [1.165, 1.54) is 4.90 Å². The lowest BCUT2D eigenvalue weighted by Crippen LogP contribution is -2.59. The molecular weight excluding hydrogens is 771 g/mol. The minimum atomic E-state index is -4.50. The second-order valence-electron chi connectivity index (χ2n) is 16.5. The van der Waals surface area contributed by atoms with E-state index in [0.29, 0.717) is 30.4 Å². The Bertz CT molecular complexity index is 2090. The van der Waals surface area contributed by atoms with Gasteiger partial charge in [0.05, 0.1) is 30.8 Å². The molecule has 2 aromatic rings. The van der Waals surface area contributed by atoms with Gasteiger partial charge in [0, 0.05) is 18.0 Å². The predicted molar refractivity (Wildman–Crippen MR) is 202 cm³/mol. The van der Waals surface area contributed by atoms with Crippen molar-refractivity contribution in [1.82, 2.24) is 25.2 Å². The van der Waals surface area contributed by atoms with Gasteiger partial charge in [-0.1, -0.05) is 13.3 Å². The van der Waals surface area contributed by atoms with Crippen molar-refractivity contribution in [2.45, 2.75) is 114 Å². The molecule has 6 rings (SSSR count). The van der Waals surface area contributed by atoms with Crippen LogP contribution in [0.25, 0.3) is 10.8 Å². The lowest BCUT2D eigenvalue weighted by atomic mass is 9.92. The van der Waals surface area contributed by atoms with Crippen LogP contribution in [-0.4, -0.2) is 111 Å². The van der Waals surface area contributed by atoms with E-state index in [9.17, 15) is 36.0 Å². The number of carbonyl (C=O) groups excluding carboxylic acids is 4. The van der Waals surface area contributed by atoms with Crippen molar-refractivity contribution < 1.29 is 54.4 Å². The molecule has 2 saturated carbocycles. The minimum absolute atomic E-state index is 0.0573. The third-order valence-electron chi connectivity index (χ3n) is 10.9. The first-order valence-corrected chi connectivity index (χ1v) is 22.1. The van der Waals surface area contributed by atoms with Crippen molar-refractivity contribution in [3.63, 3.8) is 0 Å². The number of nitrogens with zero attached hydrogens (tertiary/aromatic N) is 2. The quantitative estimate of drug-likeness (QED) is 0.265. The summed E-state index contributed by atoms with van der Waals surface area (Å²) in [6.07, 6.45) is 1.58. The molecule has 17 nitrogen and oxygen atoms in total. The van der Waals surface area contributed by atoms with E-state index in [-0.39, 0.29) is 49.6 Å². The molecule has 56 heavy (non-hydrogen) atoms. The predicted octanol–water partition coefficient (Wildman–Crippen LogP) is 2.52. The Labute approximate surface area is 327 Å². The van der Waals surface area contributed by atoms with Gasteiger partial charge < -0.3 is 29.7 Å². The van der Waals surface area contributed by atoms with E-state index in [1.807, 2.05) is 10.8 Å². The third-order valence-corrected chi connectivity index (χ3v) is 13.7. The molecule has 4 amide bonds. The Hall–Kier alpha value is -4.23. The summed E-state index contributed by atoms with van der Waals surface area (Å²) >= 11 is 0. The molecule has 3 N–H and O–H groups in total. The van der Waals surface area contributed by atoms with Crippen molar-refractivity contribution in [3.05, 3.63) is 30.5 Å². The number of sulfone groups is 1. The van der Waals surface area contributed by atoms with E-state index >= 15 is 0 Å². The summed E-state index contributed by atoms with van der Waals surface area (Å²) in [6, 6.07) is 4.59. The molecule has 1 aromatic carbocycles. The van der Waals surface area contributed by atoms with Crippen LogP contribution >= 0.6 is 0 Å². The van der Waals surface area contributed by atoms with Crippen molar-refractivity contribution in [3.8, 4) is 11.6 Å². The first-order chi connectivity index (χ1) is 26.2. The highest BCUT2D eigenvalue weighted by atomic mass is 32.2. The number of rotatable bonds is 13. The van der Waals surface area contributed by atoms with E-state index in [2.05, 4.69) is 15.6 Å². The Morgan fingerprint density at radius 1 is 1.09 bits per heavy atom. The highest BCUT2D eigenvalue weighted by Crippen LogP contribution is 2.47. The number of pyridine rings is 1. The van der Waals surface area contributed by atoms with Gasteiger partial charge in [0.2, 0.25) is 17.7 Å². The smallest absolute Gasteiger partial charge is 0.408 e. The molecule has 2 aliphatic carbocycles. The number of hydrogen-bond donors (Lipinski definition) is 3. The molecule has 2 saturated heterocycles. The molecule has 308 valence electrons. The molecule has 1 aromatic heterocycles. The number of hydrogen-bond acceptors (Lipinski definition) is 13. The first-order valence-electron chi connectivity index (χ1n) is 18.8. The monoisotopic (exact) mass is 821 g/mol. The van der Waals surface area contributed by atoms with Gasteiger partial charge in [-0.3, -0.25) is 14.4 Å². The molecule has 0 radical (unpaired) electrons. The lowest BCUT2D eigenvalue weighted by Gasteiger charge is -2.35. The molecule has 0 spiro atoms. The molecular formula is C37H51N5O12S2. The Kier molecular flexibility index (Phi) is 11.3. The van der Waals surface area contributed by atoms with Crippen LogP contribution in [0.2, 0.25) is 0 Å². The van der Waals surface area contributed by atoms with Crippen LogP contribution in [0.5, 0.6) is 11.6 Å². The van der Waals surface area contributed by atoms with Gasteiger partial charge in [0.25, 0.3) is 5.91 Å². The van der Waals surface area contributed by atoms with E-state index < -0.39 is 90.7 Å². The number of nitrogens with one attached hydrogen (secondary N) is 3. The molecule has 19 heteroatoms. The molecule has 4 aliphatic rings. The Balaban J connectivity index is 1.30. The highest BCUT2D eigenvalue weighted by Gasteiger charge is 2.62. The van der Waals surface area contributed by atoms with Gasteiger partial charge in [0.15, 0.2) is 0 Å². The van der Waals surface area contributed by atoms with Crippen molar-refractivity contribution >= 4 is 54.7 Å². The number of aromatic nitrogens is 1. The van der Waals surface area contributed by atoms with Gasteiger partial charge >= 0.3 is 16.4 Å². The second kappa shape index (κ2) is 15.3. The minimum Gasteiger partial charge on any atom is -0.497 e. The zero-order valence-corrected chi connectivity index (χ0v) is 34.1. The zero-order chi connectivity index (χ0) is 40.8. The summed E-state index contributed by atoms with van der Waals surface area (Å²) < 4.78 is 74.8. The van der Waals surface area contributed by atoms with Crippen LogP contribution < -0.4 is 24.8 Å². The fraction of sp³-hybridized carbons (Fsp3) is 0.649. The molecule has 0 bridgehead atoms. The number of benzene rings is 1. The van der Waals surface area contributed by atoms with Crippen molar-refractivity contribution in [2.75, 3.05) is 25.2 Å². The topological polar surface area (TPSA) is 226 Å². The van der Waals surface area contributed by atoms with Crippen LogP contribution in [0.1, 0.15) is 79.6 Å². The fourth-order valence-electron chi connectivity index (χ4n) is 7.48. The van der Waals surface area contributed by atoms with Crippen LogP contribution in [0.3, 0.4) is 0 Å². The summed E-state index contributed by atoms with van der Waals surface area (Å²) in [6.45, 7) is 8.27. The third kappa shape index (κ3) is 9.48. The maximum Gasteiger partial charge on any atom is 0.408 e. The van der Waals surface area contributed by atoms with Gasteiger partial charge in [-0.25, -0.2) is 27.1 Å². The number of carbonyl (C=O) groups is 4. The van der Waals surface area contributed by atoms with E-state index in [4.69, 9.17) is 18.4 Å². The normalized spacial score (nSPS) is 26.1. The second-order valence-corrected chi connectivity index (χ2v) is 20.1. The van der Waals surface area contributed by atoms with Crippen molar-refractivity contribution in [1.29, 1.82) is 0 Å². The van der Waals surface area contributed by atoms with E-state index in [0.717, 1.165) is 5.39 Å². The van der Waals surface area contributed by atoms with Crippen molar-refractivity contribution in [2.24, 2.45) is 11.8 Å². The van der Waals surface area contributed by atoms with Gasteiger partial charge in [-0.2, -0.15) is 8.42 Å². The summed E-state index contributed by atoms with van der Waals surface area (Å²) in [4.78, 5) is 61.6. The number of fused-ring (bicyclic) bond motifs is 1. The fourth-order valence-corrected chi connectivity index (χ4v) is 10.2. The Morgan fingerprint density at radius 2 is 1.79 bits per heavy atom. The number of likely N-dealkylation sites (tertiary alicyclic amines) is 1. The number of amides is 4. The Morgan fingerprint density at radius 3 is 2.39 bits per heavy atom. The van der Waals surface area contributed by atoms with Crippen LogP contribution in [-0.2, 0) is 43.4 Å². The average Bonchev–Trinajstić information content (AvgIpc) is 3.98. The molecule has 5 atom stereocenters. The van der Waals surface area contributed by atoms with Crippen LogP contribution in [0.4, 0.5) is 4.79 Å². The van der Waals surface area contributed by atoms with E-state index in [1.54, 1.807) is 66.1 Å². The highest BCUT2D eigenvalue weighted by molar-refractivity contribution is 7.91. The standard InChI is InChI=1S/C37H51N5O12S2/c1-7-24-20-37(24,33(45)41-56(49,50)54-36(5)13-14-36)40-30(43)28-19-26(52-31-27-9-8-25(51-6)18-23(27)10-15-38-31)21-42(28)32(44)29(39-34(46)53-35(2,3)4)22-11-16-55(47,48)17-12-22/h8-10,15,18,22,24,26,28-29H,7,11-14,16-17,19-21H2,1-6H3,(H,39,46)(H,40,43)(H,41,45)/t24?,26-,28+,29+,37-/m1/s1. The molecule has 1 unspecified atom stereocenters. The van der Waals surface area contributed by atoms with Crippen LogP contribution in [0, 0.1) is 11.8 Å². The van der Waals surface area contributed by atoms with Gasteiger partial charge in [0.1, 0.15) is 44.9 Å². The number of ether oxygens (including phenoxy) is 3. The molecule has 2 aliphatic heterocycles. The van der Waals surface area contributed by atoms with Gasteiger partial charge in [-0.15, -0.1) is 0 Å². The number of methoxy groups -OCH3 is 1. The summed E-state index contributed by atoms with van der Waals surface area (Å²) in [7, 11) is -6.30. The molecule has 4 fully saturated rings. The lowest BCUT2D eigenvalue weighted by molar-refractivity contribution is -0.142. The maximum atomic E-state index is 14.7. The maximum absolute atomic E-state index is 14.7. The average molecular weight is 822 g/mol. The number of alkyl carbamates (subject to hydrolysis) is 1. The zero-order valence-electron chi connectivity index (χ0n) is 32.5. The summed E-state index contributed by atoms with van der Waals surface area (Å²) in [5.74, 6) is -2.89. The first kappa shape index (κ1) is 41.4. The summed E-state index contributed by atoms with van der Waals surface area (Å²) in [5, 5.41) is 6.86. The molecule has 3 heterocycles. The SMILES string of the molecule is CCC1C[C@]1(NC(=O)[C@@H]1C[C@@H](Oc2nccc3cc(OC)ccc23)CN1C(=O)[C@@H](NC(=O)OC(C)(C)C)C1CCS(=O)(=O)CC1)C(=O)NS(=O)(=O)OC1(C)CC1. The summed E-state index contributed by atoms with van der Waals surface area (Å²) in [5.41, 5.74) is -3.40.